The van der Waals surface area contributed by atoms with Gasteiger partial charge in [0.1, 0.15) is 5.83 Å². The molecule has 1 fully saturated rings. The topological polar surface area (TPSA) is 89.9 Å². The Bertz CT molecular complexity index is 977. The number of hydrogen-bond donors (Lipinski definition) is 2. The number of likely N-dealkylation sites (tertiary alicyclic amines) is 1. The van der Waals surface area contributed by atoms with E-state index in [1.54, 1.807) is 13.8 Å². The summed E-state index contributed by atoms with van der Waals surface area (Å²) in [5.41, 5.74) is 4.34. The van der Waals surface area contributed by atoms with E-state index in [1.165, 1.54) is 11.6 Å². The summed E-state index contributed by atoms with van der Waals surface area (Å²) in [7, 11) is 0. The van der Waals surface area contributed by atoms with Gasteiger partial charge in [-0.15, -0.1) is 0 Å². The van der Waals surface area contributed by atoms with Gasteiger partial charge in [-0.1, -0.05) is 44.2 Å². The number of hydroxylamine groups is 1. The number of halogens is 1. The van der Waals surface area contributed by atoms with Gasteiger partial charge in [-0.2, -0.15) is 0 Å². The van der Waals surface area contributed by atoms with Gasteiger partial charge in [0.2, 0.25) is 12.3 Å². The first kappa shape index (κ1) is 30.4. The van der Waals surface area contributed by atoms with Gasteiger partial charge in [0, 0.05) is 38.2 Å². The maximum atomic E-state index is 12.9. The second-order valence-corrected chi connectivity index (χ2v) is 10.3. The highest BCUT2D eigenvalue weighted by Gasteiger charge is 2.45. The molecule has 1 saturated heterocycles. The van der Waals surface area contributed by atoms with Gasteiger partial charge in [0.15, 0.2) is 0 Å². The zero-order valence-electron chi connectivity index (χ0n) is 22.6. The fourth-order valence-corrected chi connectivity index (χ4v) is 5.17. The Morgan fingerprint density at radius 2 is 1.97 bits per heavy atom. The predicted octanol–water partition coefficient (Wildman–Crippen LogP) is 4.82. The van der Waals surface area contributed by atoms with Crippen LogP contribution in [0.5, 0.6) is 0 Å². The Balaban J connectivity index is 0.000000281. The van der Waals surface area contributed by atoms with Crippen LogP contribution in [0.1, 0.15) is 65.4 Å². The highest BCUT2D eigenvalue weighted by atomic mass is 19.1. The number of nitrogens with one attached hydrogen (secondary N) is 1. The quantitative estimate of drug-likeness (QED) is 0.326. The number of carbonyl (C=O) groups excluding carboxylic acids is 3. The van der Waals surface area contributed by atoms with Crippen LogP contribution in [0.4, 0.5) is 4.39 Å². The molecule has 0 radical (unpaired) electrons. The Morgan fingerprint density at radius 3 is 2.54 bits per heavy atom. The van der Waals surface area contributed by atoms with Gasteiger partial charge in [0.05, 0.1) is 5.41 Å². The number of hydrogen-bond acceptors (Lipinski definition) is 5. The van der Waals surface area contributed by atoms with E-state index in [4.69, 9.17) is 5.21 Å². The zero-order chi connectivity index (χ0) is 27.4. The molecule has 1 aromatic rings. The molecule has 1 unspecified atom stereocenters. The second kappa shape index (κ2) is 14.8. The second-order valence-electron chi connectivity index (χ2n) is 10.3. The Kier molecular flexibility index (Phi) is 12.1. The molecule has 8 heteroatoms. The van der Waals surface area contributed by atoms with Crippen LogP contribution in [0.3, 0.4) is 0 Å². The minimum absolute atomic E-state index is 0.210. The fourth-order valence-electron chi connectivity index (χ4n) is 5.17. The monoisotopic (exact) mass is 515 g/mol. The standard InChI is InChI=1S/C18H28N2O2.C11H14FNO2/c1-15(2)14-18(9-11-19-22)10-13-20(17(18)21)12-8-16-6-4-3-5-7-16;1-3-13(7-14)11(15)10-5-4-9(12)6-8(10)2/h3-7,15,19,22H,8-14H2,1-2H3;6-7H,3-5H2,1-2H3. The van der Waals surface area contributed by atoms with Crippen LogP contribution in [0, 0.1) is 11.3 Å². The summed E-state index contributed by atoms with van der Waals surface area (Å²) in [4.78, 5) is 38.4. The summed E-state index contributed by atoms with van der Waals surface area (Å²) in [5, 5.41) is 8.90. The summed E-state index contributed by atoms with van der Waals surface area (Å²) >= 11 is 0. The SMILES string of the molecule is CC(C)CC1(CCNO)CCN(CCc2ccccc2)C1=O.CCN(C=O)C(=O)C1=C(C)C=C(F)CC1. The average molecular weight is 516 g/mol. The van der Waals surface area contributed by atoms with Crippen molar-refractivity contribution in [1.82, 2.24) is 15.3 Å². The Labute approximate surface area is 220 Å². The molecule has 2 aliphatic rings. The smallest absolute Gasteiger partial charge is 0.256 e. The van der Waals surface area contributed by atoms with Gasteiger partial charge >= 0.3 is 0 Å². The molecular formula is C29H42FN3O4. The van der Waals surface area contributed by atoms with E-state index in [0.29, 0.717) is 49.4 Å². The number of nitrogens with zero attached hydrogens (tertiary/aromatic N) is 2. The molecule has 1 heterocycles. The van der Waals surface area contributed by atoms with Crippen LogP contribution in [-0.4, -0.2) is 59.4 Å². The van der Waals surface area contributed by atoms with E-state index < -0.39 is 0 Å². The third-order valence-corrected chi connectivity index (χ3v) is 7.08. The van der Waals surface area contributed by atoms with Crippen molar-refractivity contribution in [2.75, 3.05) is 26.2 Å². The van der Waals surface area contributed by atoms with E-state index in [2.05, 4.69) is 31.5 Å². The van der Waals surface area contributed by atoms with Crippen molar-refractivity contribution in [3.8, 4) is 0 Å². The van der Waals surface area contributed by atoms with Gasteiger partial charge in [0.25, 0.3) is 5.91 Å². The van der Waals surface area contributed by atoms with Gasteiger partial charge < -0.3 is 10.1 Å². The first-order valence-corrected chi connectivity index (χ1v) is 13.2. The number of rotatable bonds is 11. The zero-order valence-corrected chi connectivity index (χ0v) is 22.6. The first-order chi connectivity index (χ1) is 17.7. The van der Waals surface area contributed by atoms with Gasteiger partial charge in [-0.25, -0.2) is 9.87 Å². The van der Waals surface area contributed by atoms with E-state index in [-0.39, 0.29) is 29.5 Å². The molecule has 204 valence electrons. The lowest BCUT2D eigenvalue weighted by Crippen LogP contribution is -2.38. The van der Waals surface area contributed by atoms with E-state index in [1.807, 2.05) is 23.1 Å². The van der Waals surface area contributed by atoms with Gasteiger partial charge in [-0.05, 0) is 69.1 Å². The van der Waals surface area contributed by atoms with Gasteiger partial charge in [-0.3, -0.25) is 19.3 Å². The summed E-state index contributed by atoms with van der Waals surface area (Å²) < 4.78 is 12.9. The van der Waals surface area contributed by atoms with Crippen molar-refractivity contribution in [3.05, 3.63) is 58.9 Å². The summed E-state index contributed by atoms with van der Waals surface area (Å²) in [6.07, 6.45) is 5.90. The summed E-state index contributed by atoms with van der Waals surface area (Å²) in [5.74, 6) is 0.232. The predicted molar refractivity (Wildman–Crippen MR) is 142 cm³/mol. The number of carbonyl (C=O) groups is 3. The molecule has 0 spiro atoms. The molecule has 0 saturated carbocycles. The molecule has 1 aromatic carbocycles. The fraction of sp³-hybridized carbons (Fsp3) is 0.552. The molecule has 1 aliphatic heterocycles. The first-order valence-electron chi connectivity index (χ1n) is 13.2. The maximum absolute atomic E-state index is 12.9. The highest BCUT2D eigenvalue weighted by Crippen LogP contribution is 2.41. The van der Waals surface area contributed by atoms with Crippen molar-refractivity contribution < 1.29 is 24.0 Å². The number of amides is 3. The summed E-state index contributed by atoms with van der Waals surface area (Å²) in [6.45, 7) is 10.2. The molecule has 0 bridgehead atoms. The lowest BCUT2D eigenvalue weighted by atomic mass is 9.76. The Morgan fingerprint density at radius 1 is 1.27 bits per heavy atom. The molecule has 3 rings (SSSR count). The normalized spacial score (nSPS) is 19.5. The minimum Gasteiger partial charge on any atom is -0.342 e. The molecule has 37 heavy (non-hydrogen) atoms. The summed E-state index contributed by atoms with van der Waals surface area (Å²) in [6, 6.07) is 10.3. The Hall–Kier alpha value is -2.84. The van der Waals surface area contributed by atoms with Crippen molar-refractivity contribution in [3.63, 3.8) is 0 Å². The van der Waals surface area contributed by atoms with E-state index in [9.17, 15) is 18.8 Å². The lowest BCUT2D eigenvalue weighted by Gasteiger charge is -2.29. The highest BCUT2D eigenvalue weighted by molar-refractivity contribution is 6.00. The van der Waals surface area contributed by atoms with Crippen LogP contribution < -0.4 is 5.48 Å². The largest absolute Gasteiger partial charge is 0.342 e. The van der Waals surface area contributed by atoms with Crippen LogP contribution in [0.25, 0.3) is 0 Å². The lowest BCUT2D eigenvalue weighted by molar-refractivity contribution is -0.137. The third-order valence-electron chi connectivity index (χ3n) is 7.08. The molecule has 2 N–H and O–H groups in total. The van der Waals surface area contributed by atoms with Crippen molar-refractivity contribution >= 4 is 18.2 Å². The molecule has 0 aromatic heterocycles. The van der Waals surface area contributed by atoms with Crippen molar-refractivity contribution in [2.45, 2.75) is 66.2 Å². The maximum Gasteiger partial charge on any atom is 0.256 e. The van der Waals surface area contributed by atoms with E-state index >= 15 is 0 Å². The van der Waals surface area contributed by atoms with E-state index in [0.717, 1.165) is 37.3 Å². The van der Waals surface area contributed by atoms with Crippen LogP contribution in [0.2, 0.25) is 0 Å². The van der Waals surface area contributed by atoms with Crippen LogP contribution in [-0.2, 0) is 20.8 Å². The van der Waals surface area contributed by atoms with Crippen LogP contribution in [0.15, 0.2) is 53.4 Å². The van der Waals surface area contributed by atoms with Crippen molar-refractivity contribution in [1.29, 1.82) is 0 Å². The van der Waals surface area contributed by atoms with Crippen molar-refractivity contribution in [2.24, 2.45) is 11.3 Å². The third kappa shape index (κ3) is 8.61. The molecular weight excluding hydrogens is 473 g/mol. The minimum atomic E-state index is -0.311. The number of imide groups is 1. The number of benzene rings is 1. The molecule has 3 amide bonds. The number of likely N-dealkylation sites (N-methyl/N-ethyl adjacent to an activating group) is 1. The molecule has 1 aliphatic carbocycles. The van der Waals surface area contributed by atoms with Crippen LogP contribution >= 0.6 is 0 Å². The molecule has 1 atom stereocenters. The average Bonchev–Trinajstić information content (AvgIpc) is 3.17. The number of allylic oxidation sites excluding steroid dienone is 3. The molecule has 7 nitrogen and oxygen atoms in total.